The minimum atomic E-state index is 0.0760. The molecule has 2 aromatic carbocycles. The Labute approximate surface area is 156 Å². The number of carbonyl (C=O) groups excluding carboxylic acids is 1. The van der Waals surface area contributed by atoms with Gasteiger partial charge in [-0.15, -0.1) is 11.3 Å². The molecule has 0 unspecified atom stereocenters. The summed E-state index contributed by atoms with van der Waals surface area (Å²) < 4.78 is 1.94. The number of hydrogen-bond donors (Lipinski definition) is 0. The Morgan fingerprint density at radius 1 is 1.13 bits per heavy atom. The SMILES string of the molecule is O=C(CSc1nc(-c2ccc(Br)cc2)cs1)c1ccc(Cl)cc1. The zero-order valence-corrected chi connectivity index (χ0v) is 15.8. The molecule has 0 aliphatic rings. The lowest BCUT2D eigenvalue weighted by molar-refractivity contribution is 0.102. The Morgan fingerprint density at radius 2 is 1.83 bits per heavy atom. The number of thioether (sulfide) groups is 1. The number of rotatable bonds is 5. The van der Waals surface area contributed by atoms with Gasteiger partial charge in [-0.2, -0.15) is 0 Å². The highest BCUT2D eigenvalue weighted by atomic mass is 79.9. The van der Waals surface area contributed by atoms with Crippen molar-refractivity contribution in [3.8, 4) is 11.3 Å². The maximum Gasteiger partial charge on any atom is 0.173 e. The Bertz CT molecular complexity index is 815. The van der Waals surface area contributed by atoms with Crippen LogP contribution in [-0.4, -0.2) is 16.5 Å². The van der Waals surface area contributed by atoms with Gasteiger partial charge in [0, 0.05) is 26.0 Å². The van der Waals surface area contributed by atoms with Gasteiger partial charge in [-0.3, -0.25) is 4.79 Å². The summed E-state index contributed by atoms with van der Waals surface area (Å²) in [5, 5.41) is 2.64. The van der Waals surface area contributed by atoms with Crippen molar-refractivity contribution in [2.24, 2.45) is 0 Å². The molecule has 0 fully saturated rings. The van der Waals surface area contributed by atoms with E-state index in [0.29, 0.717) is 16.3 Å². The minimum Gasteiger partial charge on any atom is -0.293 e. The molecule has 0 atom stereocenters. The molecule has 23 heavy (non-hydrogen) atoms. The number of Topliss-reactive ketones (excluding diaryl/α,β-unsaturated/α-hetero) is 1. The summed E-state index contributed by atoms with van der Waals surface area (Å²) in [5.74, 6) is 0.446. The van der Waals surface area contributed by atoms with Crippen molar-refractivity contribution in [2.45, 2.75) is 4.34 Å². The van der Waals surface area contributed by atoms with Crippen molar-refractivity contribution in [1.82, 2.24) is 4.98 Å². The van der Waals surface area contributed by atoms with E-state index >= 15 is 0 Å². The first-order chi connectivity index (χ1) is 11.1. The molecule has 0 saturated carbocycles. The first kappa shape index (κ1) is 16.7. The summed E-state index contributed by atoms with van der Waals surface area (Å²) in [4.78, 5) is 16.7. The van der Waals surface area contributed by atoms with Crippen molar-refractivity contribution in [3.63, 3.8) is 0 Å². The lowest BCUT2D eigenvalue weighted by Crippen LogP contribution is -2.01. The molecule has 0 bridgehead atoms. The van der Waals surface area contributed by atoms with Gasteiger partial charge >= 0.3 is 0 Å². The third kappa shape index (κ3) is 4.44. The van der Waals surface area contributed by atoms with Gasteiger partial charge in [-0.05, 0) is 36.4 Å². The standard InChI is InChI=1S/C17H11BrClNOS2/c18-13-5-1-11(2-6-13)15-9-22-17(20-15)23-10-16(21)12-3-7-14(19)8-4-12/h1-9H,10H2. The van der Waals surface area contributed by atoms with Crippen LogP contribution >= 0.6 is 50.6 Å². The average molecular weight is 425 g/mol. The maximum atomic E-state index is 12.2. The fraction of sp³-hybridized carbons (Fsp3) is 0.0588. The number of carbonyl (C=O) groups is 1. The topological polar surface area (TPSA) is 30.0 Å². The third-order valence-corrected chi connectivity index (χ3v) is 5.92. The van der Waals surface area contributed by atoms with Crippen molar-refractivity contribution >= 4 is 56.4 Å². The lowest BCUT2D eigenvalue weighted by atomic mass is 10.1. The van der Waals surface area contributed by atoms with E-state index in [1.54, 1.807) is 35.6 Å². The van der Waals surface area contributed by atoms with Crippen molar-refractivity contribution in [1.29, 1.82) is 0 Å². The fourth-order valence-electron chi connectivity index (χ4n) is 1.92. The Hall–Kier alpha value is -1.14. The van der Waals surface area contributed by atoms with Crippen LogP contribution in [0.25, 0.3) is 11.3 Å². The molecule has 0 amide bonds. The molecule has 0 radical (unpaired) electrons. The number of aromatic nitrogens is 1. The quantitative estimate of drug-likeness (QED) is 0.361. The summed E-state index contributed by atoms with van der Waals surface area (Å²) in [5.41, 5.74) is 2.68. The monoisotopic (exact) mass is 423 g/mol. The Balaban J connectivity index is 1.64. The van der Waals surface area contributed by atoms with Crippen molar-refractivity contribution < 1.29 is 4.79 Å². The molecule has 0 spiro atoms. The number of benzene rings is 2. The zero-order chi connectivity index (χ0) is 16.2. The zero-order valence-electron chi connectivity index (χ0n) is 11.8. The molecule has 3 aromatic rings. The van der Waals surface area contributed by atoms with Gasteiger partial charge in [0.1, 0.15) is 0 Å². The molecular weight excluding hydrogens is 414 g/mol. The van der Waals surface area contributed by atoms with Gasteiger partial charge in [0.2, 0.25) is 0 Å². The second-order valence-electron chi connectivity index (χ2n) is 4.72. The highest BCUT2D eigenvalue weighted by Crippen LogP contribution is 2.29. The molecule has 2 nitrogen and oxygen atoms in total. The van der Waals surface area contributed by atoms with E-state index in [1.165, 1.54) is 11.8 Å². The van der Waals surface area contributed by atoms with Crippen LogP contribution in [0, 0.1) is 0 Å². The van der Waals surface area contributed by atoms with E-state index in [1.807, 2.05) is 29.6 Å². The maximum absolute atomic E-state index is 12.2. The van der Waals surface area contributed by atoms with Gasteiger partial charge in [0.05, 0.1) is 11.4 Å². The molecule has 116 valence electrons. The molecule has 6 heteroatoms. The predicted octanol–water partition coefficient (Wildman–Crippen LogP) is 6.20. The average Bonchev–Trinajstić information content (AvgIpc) is 3.03. The smallest absolute Gasteiger partial charge is 0.173 e. The van der Waals surface area contributed by atoms with E-state index in [4.69, 9.17) is 11.6 Å². The highest BCUT2D eigenvalue weighted by molar-refractivity contribution is 9.10. The van der Waals surface area contributed by atoms with Crippen LogP contribution in [0.3, 0.4) is 0 Å². The van der Waals surface area contributed by atoms with Crippen LogP contribution in [0.15, 0.2) is 62.7 Å². The van der Waals surface area contributed by atoms with Crippen LogP contribution in [0.5, 0.6) is 0 Å². The van der Waals surface area contributed by atoms with Gasteiger partial charge in [-0.1, -0.05) is 51.4 Å². The molecule has 3 rings (SSSR count). The van der Waals surface area contributed by atoms with E-state index in [2.05, 4.69) is 20.9 Å². The van der Waals surface area contributed by atoms with Gasteiger partial charge in [-0.25, -0.2) is 4.98 Å². The normalized spacial score (nSPS) is 10.7. The number of thiazole rings is 1. The van der Waals surface area contributed by atoms with Crippen LogP contribution in [-0.2, 0) is 0 Å². The summed E-state index contributed by atoms with van der Waals surface area (Å²) in [6, 6.07) is 15.0. The molecule has 0 aliphatic heterocycles. The van der Waals surface area contributed by atoms with E-state index in [9.17, 15) is 4.79 Å². The highest BCUT2D eigenvalue weighted by Gasteiger charge is 2.10. The van der Waals surface area contributed by atoms with E-state index in [-0.39, 0.29) is 5.78 Å². The summed E-state index contributed by atoms with van der Waals surface area (Å²) >= 11 is 12.3. The summed E-state index contributed by atoms with van der Waals surface area (Å²) in [6.07, 6.45) is 0. The number of nitrogens with zero attached hydrogens (tertiary/aromatic N) is 1. The first-order valence-corrected chi connectivity index (χ1v) is 9.78. The van der Waals surface area contributed by atoms with Crippen LogP contribution in [0.4, 0.5) is 0 Å². The van der Waals surface area contributed by atoms with Gasteiger partial charge in [0.25, 0.3) is 0 Å². The Morgan fingerprint density at radius 3 is 2.52 bits per heavy atom. The van der Waals surface area contributed by atoms with Gasteiger partial charge < -0.3 is 0 Å². The van der Waals surface area contributed by atoms with E-state index in [0.717, 1.165) is 20.1 Å². The fourth-order valence-corrected chi connectivity index (χ4v) is 4.04. The van der Waals surface area contributed by atoms with Gasteiger partial charge in [0.15, 0.2) is 10.1 Å². The predicted molar refractivity (Wildman–Crippen MR) is 102 cm³/mol. The molecule has 0 aliphatic carbocycles. The Kier molecular flexibility index (Phi) is 5.54. The van der Waals surface area contributed by atoms with Crippen LogP contribution in [0.2, 0.25) is 5.02 Å². The molecule has 0 saturated heterocycles. The summed E-state index contributed by atoms with van der Waals surface area (Å²) in [6.45, 7) is 0. The second kappa shape index (κ2) is 7.62. The number of hydrogen-bond acceptors (Lipinski definition) is 4. The third-order valence-electron chi connectivity index (χ3n) is 3.12. The van der Waals surface area contributed by atoms with Crippen LogP contribution < -0.4 is 0 Å². The minimum absolute atomic E-state index is 0.0760. The molecule has 1 heterocycles. The summed E-state index contributed by atoms with van der Waals surface area (Å²) in [7, 11) is 0. The molecule has 0 N–H and O–H groups in total. The van der Waals surface area contributed by atoms with E-state index < -0.39 is 0 Å². The first-order valence-electron chi connectivity index (χ1n) is 6.75. The van der Waals surface area contributed by atoms with Crippen molar-refractivity contribution in [2.75, 3.05) is 5.75 Å². The largest absolute Gasteiger partial charge is 0.293 e. The number of halogens is 2. The number of ketones is 1. The second-order valence-corrected chi connectivity index (χ2v) is 8.16. The lowest BCUT2D eigenvalue weighted by Gasteiger charge is -2.00. The molecule has 1 aromatic heterocycles. The van der Waals surface area contributed by atoms with Crippen molar-refractivity contribution in [3.05, 3.63) is 69.0 Å². The van der Waals surface area contributed by atoms with Crippen LogP contribution in [0.1, 0.15) is 10.4 Å². The molecular formula is C17H11BrClNOS2.